The number of aromatic nitrogens is 1. The predicted molar refractivity (Wildman–Crippen MR) is 100 cm³/mol. The van der Waals surface area contributed by atoms with E-state index in [4.69, 9.17) is 4.74 Å². The summed E-state index contributed by atoms with van der Waals surface area (Å²) in [6, 6.07) is 20.9. The molecule has 0 aliphatic rings. The molecule has 2 heteroatoms. The fraction of sp³-hybridized carbons (Fsp3) is 0.227. The van der Waals surface area contributed by atoms with Gasteiger partial charge in [0.2, 0.25) is 0 Å². The molecule has 0 atom stereocenters. The van der Waals surface area contributed by atoms with E-state index in [0.717, 1.165) is 22.6 Å². The van der Waals surface area contributed by atoms with Crippen molar-refractivity contribution >= 4 is 0 Å². The molecule has 0 saturated carbocycles. The second-order valence-corrected chi connectivity index (χ2v) is 6.95. The van der Waals surface area contributed by atoms with E-state index in [9.17, 15) is 0 Å². The maximum Gasteiger partial charge on any atom is 0.119 e. The summed E-state index contributed by atoms with van der Waals surface area (Å²) in [7, 11) is 1.69. The Morgan fingerprint density at radius 2 is 1.58 bits per heavy atom. The highest BCUT2D eigenvalue weighted by Crippen LogP contribution is 2.35. The lowest BCUT2D eigenvalue weighted by Gasteiger charge is -2.19. The Kier molecular flexibility index (Phi) is 4.39. The molecule has 0 unspecified atom stereocenters. The van der Waals surface area contributed by atoms with Crippen LogP contribution in [0.3, 0.4) is 0 Å². The first kappa shape index (κ1) is 16.3. The van der Waals surface area contributed by atoms with E-state index in [1.54, 1.807) is 7.11 Å². The van der Waals surface area contributed by atoms with E-state index in [2.05, 4.69) is 62.2 Å². The molecule has 0 radical (unpaired) electrons. The number of hydrogen-bond acceptors (Lipinski definition) is 2. The Labute approximate surface area is 144 Å². The van der Waals surface area contributed by atoms with E-state index in [0.29, 0.717) is 0 Å². The Hall–Kier alpha value is -2.61. The van der Waals surface area contributed by atoms with Gasteiger partial charge >= 0.3 is 0 Å². The summed E-state index contributed by atoms with van der Waals surface area (Å²) in [5.41, 5.74) is 5.87. The van der Waals surface area contributed by atoms with Gasteiger partial charge in [0.15, 0.2) is 0 Å². The second-order valence-electron chi connectivity index (χ2n) is 6.95. The maximum atomic E-state index is 5.40. The van der Waals surface area contributed by atoms with E-state index in [1.807, 2.05) is 30.5 Å². The minimum Gasteiger partial charge on any atom is -0.497 e. The molecule has 0 spiro atoms. The molecule has 2 aromatic carbocycles. The first-order chi connectivity index (χ1) is 11.5. The molecule has 1 heterocycles. The molecule has 2 nitrogen and oxygen atoms in total. The average Bonchev–Trinajstić information content (AvgIpc) is 2.61. The maximum absolute atomic E-state index is 5.40. The van der Waals surface area contributed by atoms with Crippen LogP contribution in [0.1, 0.15) is 26.3 Å². The molecule has 0 bridgehead atoms. The monoisotopic (exact) mass is 317 g/mol. The fourth-order valence-electron chi connectivity index (χ4n) is 2.79. The largest absolute Gasteiger partial charge is 0.497 e. The van der Waals surface area contributed by atoms with Crippen molar-refractivity contribution in [3.8, 4) is 28.1 Å². The number of pyridine rings is 1. The fourth-order valence-corrected chi connectivity index (χ4v) is 2.79. The molecule has 0 aliphatic heterocycles. The quantitative estimate of drug-likeness (QED) is 0.616. The predicted octanol–water partition coefficient (Wildman–Crippen LogP) is 5.72. The topological polar surface area (TPSA) is 22.1 Å². The Balaban J connectivity index is 2.11. The van der Waals surface area contributed by atoms with E-state index in [1.165, 1.54) is 11.1 Å². The number of methoxy groups -OCH3 is 1. The summed E-state index contributed by atoms with van der Waals surface area (Å²) in [5.74, 6) is 0.839. The number of hydrogen-bond donors (Lipinski definition) is 0. The molecule has 0 aliphatic carbocycles. The number of benzene rings is 2. The van der Waals surface area contributed by atoms with Crippen molar-refractivity contribution in [3.63, 3.8) is 0 Å². The van der Waals surface area contributed by atoms with Gasteiger partial charge < -0.3 is 4.74 Å². The summed E-state index contributed by atoms with van der Waals surface area (Å²) < 4.78 is 5.40. The number of nitrogens with zero attached hydrogens (tertiary/aromatic N) is 1. The third-order valence-electron chi connectivity index (χ3n) is 4.23. The van der Waals surface area contributed by atoms with Gasteiger partial charge in [-0.3, -0.25) is 4.98 Å². The molecular formula is C22H23NO. The Morgan fingerprint density at radius 1 is 0.833 bits per heavy atom. The van der Waals surface area contributed by atoms with Crippen LogP contribution in [-0.4, -0.2) is 12.1 Å². The van der Waals surface area contributed by atoms with Gasteiger partial charge in [0.25, 0.3) is 0 Å². The van der Waals surface area contributed by atoms with Gasteiger partial charge in [0, 0.05) is 11.8 Å². The standard InChI is InChI=1S/C22H23NO/c1-22(2,3)17-10-8-16(9-11-17)19-13-12-18(24-4)15-20(19)21-7-5-6-14-23-21/h5-15H,1-4H3. The summed E-state index contributed by atoms with van der Waals surface area (Å²) in [4.78, 5) is 4.51. The van der Waals surface area contributed by atoms with Crippen LogP contribution >= 0.6 is 0 Å². The van der Waals surface area contributed by atoms with Gasteiger partial charge in [-0.2, -0.15) is 0 Å². The molecule has 3 aromatic rings. The van der Waals surface area contributed by atoms with Crippen molar-refractivity contribution in [1.29, 1.82) is 0 Å². The zero-order chi connectivity index (χ0) is 17.2. The molecular weight excluding hydrogens is 294 g/mol. The molecule has 0 fully saturated rings. The normalized spacial score (nSPS) is 11.3. The van der Waals surface area contributed by atoms with Crippen LogP contribution in [0.2, 0.25) is 0 Å². The lowest BCUT2D eigenvalue weighted by Crippen LogP contribution is -2.10. The van der Waals surface area contributed by atoms with Crippen molar-refractivity contribution in [1.82, 2.24) is 4.98 Å². The average molecular weight is 317 g/mol. The van der Waals surface area contributed by atoms with Gasteiger partial charge in [-0.15, -0.1) is 0 Å². The lowest BCUT2D eigenvalue weighted by molar-refractivity contribution is 0.415. The highest BCUT2D eigenvalue weighted by atomic mass is 16.5. The SMILES string of the molecule is COc1ccc(-c2ccc(C(C)(C)C)cc2)c(-c2ccccn2)c1. The van der Waals surface area contributed by atoms with Gasteiger partial charge in [-0.1, -0.05) is 57.2 Å². The van der Waals surface area contributed by atoms with Gasteiger partial charge in [0.05, 0.1) is 12.8 Å². The molecule has 24 heavy (non-hydrogen) atoms. The molecule has 0 N–H and O–H groups in total. The first-order valence-electron chi connectivity index (χ1n) is 8.19. The molecule has 0 saturated heterocycles. The van der Waals surface area contributed by atoms with Crippen LogP contribution in [0.15, 0.2) is 66.9 Å². The van der Waals surface area contributed by atoms with Crippen LogP contribution in [0.25, 0.3) is 22.4 Å². The van der Waals surface area contributed by atoms with Crippen LogP contribution in [0.4, 0.5) is 0 Å². The Bertz CT molecular complexity index is 815. The zero-order valence-electron chi connectivity index (χ0n) is 14.7. The minimum absolute atomic E-state index is 0.155. The van der Waals surface area contributed by atoms with E-state index in [-0.39, 0.29) is 5.41 Å². The second kappa shape index (κ2) is 6.48. The van der Waals surface area contributed by atoms with E-state index >= 15 is 0 Å². The summed E-state index contributed by atoms with van der Waals surface area (Å²) >= 11 is 0. The lowest BCUT2D eigenvalue weighted by atomic mass is 9.86. The van der Waals surface area contributed by atoms with E-state index < -0.39 is 0 Å². The van der Waals surface area contributed by atoms with Crippen molar-refractivity contribution in [3.05, 3.63) is 72.4 Å². The molecule has 0 amide bonds. The molecule has 3 rings (SSSR count). The summed E-state index contributed by atoms with van der Waals surface area (Å²) in [6.45, 7) is 6.69. The highest BCUT2D eigenvalue weighted by molar-refractivity contribution is 5.83. The van der Waals surface area contributed by atoms with Gasteiger partial charge in [0.1, 0.15) is 5.75 Å². The Morgan fingerprint density at radius 3 is 2.17 bits per heavy atom. The minimum atomic E-state index is 0.155. The first-order valence-corrected chi connectivity index (χ1v) is 8.19. The van der Waals surface area contributed by atoms with Crippen molar-refractivity contribution in [2.45, 2.75) is 26.2 Å². The van der Waals surface area contributed by atoms with Gasteiger partial charge in [-0.05, 0) is 46.4 Å². The smallest absolute Gasteiger partial charge is 0.119 e. The molecule has 122 valence electrons. The van der Waals surface area contributed by atoms with Crippen LogP contribution < -0.4 is 4.74 Å². The van der Waals surface area contributed by atoms with Crippen LogP contribution in [0.5, 0.6) is 5.75 Å². The third-order valence-corrected chi connectivity index (χ3v) is 4.23. The van der Waals surface area contributed by atoms with Crippen LogP contribution in [-0.2, 0) is 5.41 Å². The highest BCUT2D eigenvalue weighted by Gasteiger charge is 2.14. The summed E-state index contributed by atoms with van der Waals surface area (Å²) in [6.07, 6.45) is 1.82. The van der Waals surface area contributed by atoms with Crippen molar-refractivity contribution < 1.29 is 4.74 Å². The number of rotatable bonds is 3. The molecule has 1 aromatic heterocycles. The third kappa shape index (κ3) is 3.33. The van der Waals surface area contributed by atoms with Gasteiger partial charge in [-0.25, -0.2) is 0 Å². The van der Waals surface area contributed by atoms with Crippen LogP contribution in [0, 0.1) is 0 Å². The van der Waals surface area contributed by atoms with Crippen molar-refractivity contribution in [2.75, 3.05) is 7.11 Å². The van der Waals surface area contributed by atoms with Crippen molar-refractivity contribution in [2.24, 2.45) is 0 Å². The zero-order valence-corrected chi connectivity index (χ0v) is 14.7. The summed E-state index contributed by atoms with van der Waals surface area (Å²) in [5, 5.41) is 0. The number of ether oxygens (including phenoxy) is 1.